The molecule has 0 amide bonds. The third-order valence-corrected chi connectivity index (χ3v) is 8.64. The summed E-state index contributed by atoms with van der Waals surface area (Å²) in [5.74, 6) is 0. The van der Waals surface area contributed by atoms with Crippen LogP contribution in [0.4, 0.5) is 0 Å². The lowest BCUT2D eigenvalue weighted by Crippen LogP contribution is -2.22. The highest BCUT2D eigenvalue weighted by Crippen LogP contribution is 2.41. The summed E-state index contributed by atoms with van der Waals surface area (Å²) in [6.07, 6.45) is 0. The first kappa shape index (κ1) is 22.3. The Morgan fingerprint density at radius 1 is 0.462 bits per heavy atom. The van der Waals surface area contributed by atoms with E-state index in [4.69, 9.17) is 10.2 Å². The van der Waals surface area contributed by atoms with Gasteiger partial charge in [-0.2, -0.15) is 10.2 Å². The number of hydrogen-bond donors (Lipinski definition) is 0. The fourth-order valence-electron chi connectivity index (χ4n) is 6.89. The van der Waals surface area contributed by atoms with Gasteiger partial charge in [0.2, 0.25) is 0 Å². The van der Waals surface area contributed by atoms with E-state index in [1.807, 2.05) is 0 Å². The summed E-state index contributed by atoms with van der Waals surface area (Å²) >= 11 is 0. The zero-order chi connectivity index (χ0) is 26.5. The molecule has 0 saturated carbocycles. The zero-order valence-corrected chi connectivity index (χ0v) is 22.5. The zero-order valence-electron chi connectivity index (χ0n) is 22.5. The van der Waals surface area contributed by atoms with Gasteiger partial charge in [-0.3, -0.25) is 0 Å². The summed E-state index contributed by atoms with van der Waals surface area (Å²) < 4.78 is 4.31. The molecule has 0 aliphatic rings. The Bertz CT molecular complexity index is 2120. The number of aryl methyl sites for hydroxylation is 2. The SMILES string of the molecule is Cc1c(C(C)(C)c2nn3c4ccccc4c4ccccc4c3c2C)nn2c3ccccc3c3ccccc3c12. The van der Waals surface area contributed by atoms with Gasteiger partial charge in [-0.25, -0.2) is 9.03 Å². The van der Waals surface area contributed by atoms with E-state index in [0.29, 0.717) is 0 Å². The minimum absolute atomic E-state index is 0.420. The van der Waals surface area contributed by atoms with Gasteiger partial charge in [-0.05, 0) is 61.7 Å². The molecule has 8 rings (SSSR count). The molecule has 0 radical (unpaired) electrons. The molecule has 4 aromatic carbocycles. The van der Waals surface area contributed by atoms with Crippen LogP contribution in [-0.4, -0.2) is 19.2 Å². The highest BCUT2D eigenvalue weighted by atomic mass is 15.3. The van der Waals surface area contributed by atoms with Crippen LogP contribution in [0.1, 0.15) is 36.4 Å². The van der Waals surface area contributed by atoms with Gasteiger partial charge < -0.3 is 0 Å². The molecule has 0 saturated heterocycles. The van der Waals surface area contributed by atoms with Crippen molar-refractivity contribution >= 4 is 54.4 Å². The normalized spacial score (nSPS) is 12.6. The molecular weight excluding hydrogens is 476 g/mol. The Balaban J connectivity index is 1.48. The van der Waals surface area contributed by atoms with E-state index in [-0.39, 0.29) is 0 Å². The molecule has 0 N–H and O–H groups in total. The third kappa shape index (κ3) is 2.83. The van der Waals surface area contributed by atoms with Gasteiger partial charge in [-0.1, -0.05) is 84.9 Å². The number of pyridine rings is 2. The first-order chi connectivity index (χ1) is 19.0. The van der Waals surface area contributed by atoms with E-state index in [2.05, 4.69) is 134 Å². The molecule has 0 fully saturated rings. The Hall–Kier alpha value is -4.70. The molecule has 4 aromatic heterocycles. The van der Waals surface area contributed by atoms with Crippen LogP contribution >= 0.6 is 0 Å². The highest BCUT2D eigenvalue weighted by molar-refractivity contribution is 6.14. The van der Waals surface area contributed by atoms with Crippen LogP contribution in [0, 0.1) is 13.8 Å². The second-order valence-electron chi connectivity index (χ2n) is 11.2. The van der Waals surface area contributed by atoms with Crippen LogP contribution in [0.2, 0.25) is 0 Å². The van der Waals surface area contributed by atoms with Crippen LogP contribution in [0.5, 0.6) is 0 Å². The second kappa shape index (κ2) is 7.67. The fourth-order valence-corrected chi connectivity index (χ4v) is 6.89. The molecule has 39 heavy (non-hydrogen) atoms. The average molecular weight is 505 g/mol. The van der Waals surface area contributed by atoms with Crippen molar-refractivity contribution in [2.75, 3.05) is 0 Å². The van der Waals surface area contributed by atoms with E-state index >= 15 is 0 Å². The monoisotopic (exact) mass is 504 g/mol. The Morgan fingerprint density at radius 3 is 1.21 bits per heavy atom. The predicted molar refractivity (Wildman–Crippen MR) is 162 cm³/mol. The van der Waals surface area contributed by atoms with Crippen molar-refractivity contribution in [2.24, 2.45) is 0 Å². The third-order valence-electron chi connectivity index (χ3n) is 8.64. The first-order valence-electron chi connectivity index (χ1n) is 13.6. The summed E-state index contributed by atoms with van der Waals surface area (Å²) in [6.45, 7) is 8.98. The summed E-state index contributed by atoms with van der Waals surface area (Å²) in [5, 5.41) is 18.1. The van der Waals surface area contributed by atoms with Crippen molar-refractivity contribution in [3.8, 4) is 0 Å². The van der Waals surface area contributed by atoms with Crippen molar-refractivity contribution in [3.63, 3.8) is 0 Å². The molecule has 8 aromatic rings. The van der Waals surface area contributed by atoms with E-state index in [1.165, 1.54) is 54.5 Å². The van der Waals surface area contributed by atoms with Crippen LogP contribution in [0.25, 0.3) is 54.4 Å². The minimum atomic E-state index is -0.420. The maximum Gasteiger partial charge on any atom is 0.0781 e. The van der Waals surface area contributed by atoms with Crippen molar-refractivity contribution in [3.05, 3.63) is 120 Å². The van der Waals surface area contributed by atoms with Gasteiger partial charge in [0.1, 0.15) is 0 Å². The van der Waals surface area contributed by atoms with Gasteiger partial charge in [0, 0.05) is 21.5 Å². The molecule has 4 heteroatoms. The number of fused-ring (bicyclic) bond motifs is 12. The summed E-state index contributed by atoms with van der Waals surface area (Å²) in [7, 11) is 0. The number of hydrogen-bond acceptors (Lipinski definition) is 2. The molecule has 0 spiro atoms. The molecule has 4 nitrogen and oxygen atoms in total. The second-order valence-corrected chi connectivity index (χ2v) is 11.2. The quantitative estimate of drug-likeness (QED) is 0.221. The van der Waals surface area contributed by atoms with Crippen LogP contribution in [0.15, 0.2) is 97.1 Å². The van der Waals surface area contributed by atoms with E-state index in [1.54, 1.807) is 0 Å². The topological polar surface area (TPSA) is 34.6 Å². The number of benzene rings is 4. The average Bonchev–Trinajstić information content (AvgIpc) is 3.52. The van der Waals surface area contributed by atoms with Gasteiger partial charge in [0.25, 0.3) is 0 Å². The van der Waals surface area contributed by atoms with Gasteiger partial charge in [0.05, 0.1) is 38.9 Å². The number of aromatic nitrogens is 4. The van der Waals surface area contributed by atoms with Crippen molar-refractivity contribution in [1.82, 2.24) is 19.2 Å². The maximum atomic E-state index is 5.34. The first-order valence-corrected chi connectivity index (χ1v) is 13.6. The lowest BCUT2D eigenvalue weighted by Gasteiger charge is -2.22. The molecule has 4 heterocycles. The standard InChI is InChI=1S/C35H28N4/c1-21-31-27-17-7-5-13-23(27)25-15-9-11-19-29(25)38(31)36-33(21)35(3,4)34-22(2)32-28-18-8-6-14-24(28)26-16-10-12-20-30(26)39(32)37-34/h5-20H,1-4H3. The summed E-state index contributed by atoms with van der Waals surface area (Å²) in [4.78, 5) is 0. The molecule has 0 atom stereocenters. The molecule has 0 aliphatic carbocycles. The summed E-state index contributed by atoms with van der Waals surface area (Å²) in [6, 6.07) is 34.5. The minimum Gasteiger partial charge on any atom is -0.232 e. The highest BCUT2D eigenvalue weighted by Gasteiger charge is 2.35. The molecule has 188 valence electrons. The van der Waals surface area contributed by atoms with Crippen molar-refractivity contribution < 1.29 is 0 Å². The molecular formula is C35H28N4. The Morgan fingerprint density at radius 2 is 0.795 bits per heavy atom. The van der Waals surface area contributed by atoms with Gasteiger partial charge in [0.15, 0.2) is 0 Å². The van der Waals surface area contributed by atoms with Crippen molar-refractivity contribution in [1.29, 1.82) is 0 Å². The smallest absolute Gasteiger partial charge is 0.0781 e. The number of para-hydroxylation sites is 2. The predicted octanol–water partition coefficient (Wildman–Crippen LogP) is 8.54. The lowest BCUT2D eigenvalue weighted by atomic mass is 9.81. The van der Waals surface area contributed by atoms with Crippen LogP contribution in [0.3, 0.4) is 0 Å². The van der Waals surface area contributed by atoms with Gasteiger partial charge in [-0.15, -0.1) is 0 Å². The van der Waals surface area contributed by atoms with Crippen LogP contribution in [-0.2, 0) is 5.41 Å². The number of nitrogens with zero attached hydrogens (tertiary/aromatic N) is 4. The van der Waals surface area contributed by atoms with E-state index in [9.17, 15) is 0 Å². The van der Waals surface area contributed by atoms with Crippen LogP contribution < -0.4 is 0 Å². The van der Waals surface area contributed by atoms with E-state index in [0.717, 1.165) is 22.4 Å². The lowest BCUT2D eigenvalue weighted by molar-refractivity contribution is 0.577. The molecule has 0 unspecified atom stereocenters. The number of rotatable bonds is 2. The van der Waals surface area contributed by atoms with Crippen molar-refractivity contribution in [2.45, 2.75) is 33.1 Å². The molecule has 0 bridgehead atoms. The summed E-state index contributed by atoms with van der Waals surface area (Å²) in [5.41, 5.74) is 8.69. The van der Waals surface area contributed by atoms with Gasteiger partial charge >= 0.3 is 0 Å². The Labute approximate surface area is 226 Å². The maximum absolute atomic E-state index is 5.34. The molecule has 0 aliphatic heterocycles. The largest absolute Gasteiger partial charge is 0.232 e. The van der Waals surface area contributed by atoms with E-state index < -0.39 is 5.41 Å². The Kier molecular flexibility index (Phi) is 4.39. The fraction of sp³-hybridized carbons (Fsp3) is 0.143.